The number of piperidine rings is 1. The minimum Gasteiger partial charge on any atom is -0.375 e. The fraction of sp³-hybridized carbons (Fsp3) is 0.611. The van der Waals surface area contributed by atoms with Crippen molar-refractivity contribution in [1.29, 1.82) is 0 Å². The van der Waals surface area contributed by atoms with Crippen molar-refractivity contribution in [2.24, 2.45) is 10.9 Å². The molecule has 0 aliphatic carbocycles. The molecule has 2 N–H and O–H groups in total. The predicted molar refractivity (Wildman–Crippen MR) is 120 cm³/mol. The van der Waals surface area contributed by atoms with E-state index in [9.17, 15) is 21.6 Å². The SMILES string of the molecule is CN=C(NCCOCc1ccccc1)NCC1CCN(S(=O)(=O)C(F)(F)F)CC1.I. The van der Waals surface area contributed by atoms with Crippen LogP contribution in [0.15, 0.2) is 35.3 Å². The second-order valence-electron chi connectivity index (χ2n) is 6.71. The van der Waals surface area contributed by atoms with E-state index in [2.05, 4.69) is 15.6 Å². The maximum atomic E-state index is 12.6. The summed E-state index contributed by atoms with van der Waals surface area (Å²) in [5, 5.41) is 6.23. The lowest BCUT2D eigenvalue weighted by Crippen LogP contribution is -2.47. The van der Waals surface area contributed by atoms with Crippen LogP contribution in [0.3, 0.4) is 0 Å². The zero-order valence-electron chi connectivity index (χ0n) is 16.7. The van der Waals surface area contributed by atoms with Gasteiger partial charge in [0.05, 0.1) is 13.2 Å². The van der Waals surface area contributed by atoms with Crippen LogP contribution in [0.4, 0.5) is 13.2 Å². The van der Waals surface area contributed by atoms with Gasteiger partial charge in [-0.15, -0.1) is 24.0 Å². The van der Waals surface area contributed by atoms with Gasteiger partial charge in [0.25, 0.3) is 0 Å². The molecule has 1 fully saturated rings. The number of nitrogens with zero attached hydrogens (tertiary/aromatic N) is 2. The number of nitrogens with one attached hydrogen (secondary N) is 2. The number of benzene rings is 1. The molecule has 1 aromatic rings. The Bertz CT molecular complexity index is 756. The molecule has 1 aliphatic rings. The summed E-state index contributed by atoms with van der Waals surface area (Å²) in [5.41, 5.74) is -4.15. The van der Waals surface area contributed by atoms with E-state index < -0.39 is 15.5 Å². The summed E-state index contributed by atoms with van der Waals surface area (Å²) in [6.45, 7) is 1.80. The summed E-state index contributed by atoms with van der Waals surface area (Å²) >= 11 is 0. The second-order valence-corrected chi connectivity index (χ2v) is 8.64. The smallest absolute Gasteiger partial charge is 0.375 e. The van der Waals surface area contributed by atoms with Crippen molar-refractivity contribution in [2.45, 2.75) is 25.0 Å². The summed E-state index contributed by atoms with van der Waals surface area (Å²) < 4.78 is 66.8. The Kier molecular flexibility index (Phi) is 11.4. The summed E-state index contributed by atoms with van der Waals surface area (Å²) in [6.07, 6.45) is 0.721. The van der Waals surface area contributed by atoms with Crippen LogP contribution >= 0.6 is 24.0 Å². The van der Waals surface area contributed by atoms with Gasteiger partial charge in [-0.1, -0.05) is 30.3 Å². The molecule has 172 valence electrons. The van der Waals surface area contributed by atoms with Crippen molar-refractivity contribution in [1.82, 2.24) is 14.9 Å². The monoisotopic (exact) mass is 564 g/mol. The van der Waals surface area contributed by atoms with Crippen molar-refractivity contribution in [3.05, 3.63) is 35.9 Å². The molecule has 0 spiro atoms. The largest absolute Gasteiger partial charge is 0.511 e. The summed E-state index contributed by atoms with van der Waals surface area (Å²) in [4.78, 5) is 4.10. The Morgan fingerprint density at radius 2 is 1.83 bits per heavy atom. The van der Waals surface area contributed by atoms with Crippen LogP contribution in [-0.2, 0) is 21.4 Å². The van der Waals surface area contributed by atoms with Crippen LogP contribution in [0, 0.1) is 5.92 Å². The van der Waals surface area contributed by atoms with Gasteiger partial charge in [-0.3, -0.25) is 4.99 Å². The van der Waals surface area contributed by atoms with Crippen molar-refractivity contribution in [3.8, 4) is 0 Å². The fourth-order valence-electron chi connectivity index (χ4n) is 2.97. The summed E-state index contributed by atoms with van der Waals surface area (Å²) in [6, 6.07) is 9.82. The molecule has 0 saturated carbocycles. The number of hydrogen-bond donors (Lipinski definition) is 2. The van der Waals surface area contributed by atoms with Gasteiger partial charge in [-0.2, -0.15) is 17.5 Å². The van der Waals surface area contributed by atoms with Gasteiger partial charge in [0.2, 0.25) is 0 Å². The highest BCUT2D eigenvalue weighted by atomic mass is 127. The molecule has 1 heterocycles. The van der Waals surface area contributed by atoms with Crippen molar-refractivity contribution in [3.63, 3.8) is 0 Å². The highest BCUT2D eigenvalue weighted by Crippen LogP contribution is 2.30. The molecule has 0 aromatic heterocycles. The minimum absolute atomic E-state index is 0. The molecule has 1 saturated heterocycles. The maximum Gasteiger partial charge on any atom is 0.511 e. The van der Waals surface area contributed by atoms with Gasteiger partial charge in [-0.05, 0) is 24.3 Å². The topological polar surface area (TPSA) is 83.0 Å². The molecule has 12 heteroatoms. The molecular formula is C18H28F3IN4O3S. The Morgan fingerprint density at radius 3 is 2.40 bits per heavy atom. The lowest BCUT2D eigenvalue weighted by atomic mass is 9.98. The highest BCUT2D eigenvalue weighted by Gasteiger charge is 2.50. The lowest BCUT2D eigenvalue weighted by Gasteiger charge is -2.31. The molecule has 2 rings (SSSR count). The first kappa shape index (κ1) is 26.9. The molecule has 30 heavy (non-hydrogen) atoms. The zero-order valence-corrected chi connectivity index (χ0v) is 19.8. The number of guanidine groups is 1. The minimum atomic E-state index is -5.24. The van der Waals surface area contributed by atoms with Gasteiger partial charge in [0.15, 0.2) is 5.96 Å². The Labute approximate surface area is 192 Å². The van der Waals surface area contributed by atoms with Crippen molar-refractivity contribution < 1.29 is 26.3 Å². The molecule has 1 aliphatic heterocycles. The lowest BCUT2D eigenvalue weighted by molar-refractivity contribution is -0.0496. The Hall–Kier alpha value is -1.12. The van der Waals surface area contributed by atoms with Crippen LogP contribution in [0.25, 0.3) is 0 Å². The van der Waals surface area contributed by atoms with E-state index in [4.69, 9.17) is 4.74 Å². The van der Waals surface area contributed by atoms with E-state index in [1.165, 1.54) is 0 Å². The number of ether oxygens (including phenoxy) is 1. The van der Waals surface area contributed by atoms with Gasteiger partial charge >= 0.3 is 15.5 Å². The first-order chi connectivity index (χ1) is 13.7. The average Bonchev–Trinajstić information content (AvgIpc) is 2.70. The first-order valence-corrected chi connectivity index (χ1v) is 10.8. The maximum absolute atomic E-state index is 12.6. The van der Waals surface area contributed by atoms with Crippen molar-refractivity contribution in [2.75, 3.05) is 39.8 Å². The molecule has 0 radical (unpaired) electrons. The summed E-state index contributed by atoms with van der Waals surface area (Å²) in [5.74, 6) is 0.640. The number of halogens is 4. The number of rotatable bonds is 8. The van der Waals surface area contributed by atoms with Crippen LogP contribution in [0.1, 0.15) is 18.4 Å². The molecule has 0 amide bonds. The number of aliphatic imine (C=N–C) groups is 1. The quantitative estimate of drug-likeness (QED) is 0.220. The van der Waals surface area contributed by atoms with Gasteiger partial charge in [0.1, 0.15) is 0 Å². The number of sulfonamides is 1. The number of alkyl halides is 3. The molecule has 0 bridgehead atoms. The van der Waals surface area contributed by atoms with E-state index in [0.717, 1.165) is 5.56 Å². The Morgan fingerprint density at radius 1 is 1.20 bits per heavy atom. The third-order valence-corrected chi connectivity index (χ3v) is 6.27. The zero-order chi connectivity index (χ0) is 21.3. The molecule has 0 unspecified atom stereocenters. The fourth-order valence-corrected chi connectivity index (χ4v) is 3.95. The normalized spacial score (nSPS) is 16.7. The molecule has 0 atom stereocenters. The molecular weight excluding hydrogens is 536 g/mol. The standard InChI is InChI=1S/C18H27F3N4O3S.HI/c1-22-17(23-9-12-28-14-16-5-3-2-4-6-16)24-13-15-7-10-25(11-8-15)29(26,27)18(19,20)21;/h2-6,15H,7-14H2,1H3,(H2,22,23,24);1H. The first-order valence-electron chi connectivity index (χ1n) is 9.36. The third-order valence-electron chi connectivity index (χ3n) is 4.64. The van der Waals surface area contributed by atoms with E-state index in [-0.39, 0.29) is 43.0 Å². The molecule has 1 aromatic carbocycles. The van der Waals surface area contributed by atoms with E-state index >= 15 is 0 Å². The summed E-state index contributed by atoms with van der Waals surface area (Å²) in [7, 11) is -3.61. The number of hydrogen-bond acceptors (Lipinski definition) is 4. The van der Waals surface area contributed by atoms with Gasteiger partial charge < -0.3 is 15.4 Å². The van der Waals surface area contributed by atoms with Crippen LogP contribution in [0.5, 0.6) is 0 Å². The predicted octanol–water partition coefficient (Wildman–Crippen LogP) is 2.55. The van der Waals surface area contributed by atoms with Crippen LogP contribution in [0.2, 0.25) is 0 Å². The third kappa shape index (κ3) is 8.19. The highest BCUT2D eigenvalue weighted by molar-refractivity contribution is 14.0. The molecule has 7 nitrogen and oxygen atoms in total. The van der Waals surface area contributed by atoms with Crippen molar-refractivity contribution >= 4 is 40.0 Å². The van der Waals surface area contributed by atoms with Gasteiger partial charge in [0, 0.05) is 33.2 Å². The second kappa shape index (κ2) is 12.7. The van der Waals surface area contributed by atoms with E-state index in [1.807, 2.05) is 30.3 Å². The van der Waals surface area contributed by atoms with Crippen LogP contribution < -0.4 is 10.6 Å². The van der Waals surface area contributed by atoms with Gasteiger partial charge in [-0.25, -0.2) is 8.42 Å². The Balaban J connectivity index is 0.00000450. The van der Waals surface area contributed by atoms with E-state index in [0.29, 0.717) is 49.4 Å². The van der Waals surface area contributed by atoms with Crippen LogP contribution in [-0.4, -0.2) is 64.0 Å². The van der Waals surface area contributed by atoms with E-state index in [1.54, 1.807) is 7.05 Å². The average molecular weight is 564 g/mol.